The summed E-state index contributed by atoms with van der Waals surface area (Å²) in [5, 5.41) is 3.72. The Balaban J connectivity index is 2.39. The molecule has 0 radical (unpaired) electrons. The third-order valence-electron chi connectivity index (χ3n) is 1.81. The van der Waals surface area contributed by atoms with Gasteiger partial charge >= 0.3 is 0 Å². The molecule has 0 atom stereocenters. The maximum Gasteiger partial charge on any atom is 0.229 e. The molecule has 0 spiro atoms. The molecule has 0 aliphatic rings. The van der Waals surface area contributed by atoms with Gasteiger partial charge in [0.05, 0.1) is 0 Å². The van der Waals surface area contributed by atoms with Crippen LogP contribution in [0.15, 0.2) is 29.2 Å². The second-order valence-electron chi connectivity index (χ2n) is 2.70. The van der Waals surface area contributed by atoms with Gasteiger partial charge in [-0.05, 0) is 11.4 Å². The van der Waals surface area contributed by atoms with E-state index in [-0.39, 0.29) is 5.78 Å². The molecule has 0 saturated heterocycles. The van der Waals surface area contributed by atoms with Gasteiger partial charge in [0.25, 0.3) is 0 Å². The zero-order valence-corrected chi connectivity index (χ0v) is 7.91. The molecule has 2 heterocycles. The van der Waals surface area contributed by atoms with Gasteiger partial charge in [0.15, 0.2) is 5.82 Å². The molecule has 3 nitrogen and oxygen atoms in total. The molecule has 2 aromatic heterocycles. The van der Waals surface area contributed by atoms with Crippen LogP contribution in [0.5, 0.6) is 0 Å². The summed E-state index contributed by atoms with van der Waals surface area (Å²) in [4.78, 5) is 15.7. The predicted octanol–water partition coefficient (Wildman–Crippen LogP) is 1.71. The minimum absolute atomic E-state index is 0.0197. The lowest BCUT2D eigenvalue weighted by Crippen LogP contribution is -2.07. The van der Waals surface area contributed by atoms with Crippen LogP contribution in [0.25, 0.3) is 0 Å². The van der Waals surface area contributed by atoms with Crippen LogP contribution in [0.2, 0.25) is 0 Å². The number of ketones is 1. The summed E-state index contributed by atoms with van der Waals surface area (Å²) < 4.78 is 1.72. The van der Waals surface area contributed by atoms with Gasteiger partial charge in [-0.3, -0.25) is 4.79 Å². The first kappa shape index (κ1) is 8.19. The van der Waals surface area contributed by atoms with Crippen LogP contribution < -0.4 is 0 Å². The van der Waals surface area contributed by atoms with Crippen LogP contribution >= 0.6 is 11.3 Å². The zero-order valence-electron chi connectivity index (χ0n) is 7.10. The molecule has 0 N–H and O–H groups in total. The number of aryl methyl sites for hydroxylation is 1. The Labute approximate surface area is 79.7 Å². The zero-order chi connectivity index (χ0) is 9.26. The van der Waals surface area contributed by atoms with Gasteiger partial charge in [-0.15, -0.1) is 0 Å². The van der Waals surface area contributed by atoms with Gasteiger partial charge in [-0.2, -0.15) is 11.3 Å². The maximum absolute atomic E-state index is 11.7. The summed E-state index contributed by atoms with van der Waals surface area (Å²) in [5.74, 6) is 0.465. The van der Waals surface area contributed by atoms with E-state index in [1.807, 2.05) is 23.9 Å². The van der Waals surface area contributed by atoms with Crippen LogP contribution in [-0.2, 0) is 7.05 Å². The number of aromatic nitrogens is 2. The molecule has 0 bridgehead atoms. The fourth-order valence-corrected chi connectivity index (χ4v) is 1.74. The monoisotopic (exact) mass is 192 g/mol. The van der Waals surface area contributed by atoms with Crippen molar-refractivity contribution >= 4 is 17.1 Å². The van der Waals surface area contributed by atoms with Crippen molar-refractivity contribution in [2.24, 2.45) is 7.05 Å². The van der Waals surface area contributed by atoms with Crippen molar-refractivity contribution in [2.75, 3.05) is 0 Å². The molecule has 0 fully saturated rings. The standard InChI is InChI=1S/C9H8N2OS/c1-11-4-3-10-9(11)8(12)7-2-5-13-6-7/h2-6H,1H3. The first-order valence-electron chi connectivity index (χ1n) is 3.83. The van der Waals surface area contributed by atoms with Gasteiger partial charge in [0.1, 0.15) is 0 Å². The summed E-state index contributed by atoms with van der Waals surface area (Å²) in [6, 6.07) is 1.81. The second kappa shape index (κ2) is 3.14. The van der Waals surface area contributed by atoms with Crippen LogP contribution in [0.1, 0.15) is 16.2 Å². The first-order valence-corrected chi connectivity index (χ1v) is 4.77. The largest absolute Gasteiger partial charge is 0.331 e. The molecule has 4 heteroatoms. The van der Waals surface area contributed by atoms with Crippen LogP contribution in [0.3, 0.4) is 0 Å². The van der Waals surface area contributed by atoms with Gasteiger partial charge in [-0.25, -0.2) is 4.98 Å². The quantitative estimate of drug-likeness (QED) is 0.679. The molecular formula is C9H8N2OS. The Hall–Kier alpha value is -1.42. The van der Waals surface area contributed by atoms with E-state index in [4.69, 9.17) is 0 Å². The molecule has 2 rings (SSSR count). The van der Waals surface area contributed by atoms with E-state index in [0.717, 1.165) is 0 Å². The first-order chi connectivity index (χ1) is 6.29. The molecule has 13 heavy (non-hydrogen) atoms. The van der Waals surface area contributed by atoms with E-state index in [1.165, 1.54) is 11.3 Å². The van der Waals surface area contributed by atoms with Crippen molar-refractivity contribution in [3.05, 3.63) is 40.6 Å². The van der Waals surface area contributed by atoms with Gasteiger partial charge in [0, 0.05) is 30.4 Å². The molecule has 66 valence electrons. The fraction of sp³-hybridized carbons (Fsp3) is 0.111. The smallest absolute Gasteiger partial charge is 0.229 e. The van der Waals surface area contributed by atoms with E-state index in [1.54, 1.807) is 17.0 Å². The minimum Gasteiger partial charge on any atom is -0.331 e. The van der Waals surface area contributed by atoms with E-state index < -0.39 is 0 Å². The van der Waals surface area contributed by atoms with Crippen molar-refractivity contribution < 1.29 is 4.79 Å². The number of hydrogen-bond acceptors (Lipinski definition) is 3. The average molecular weight is 192 g/mol. The van der Waals surface area contributed by atoms with Crippen LogP contribution in [-0.4, -0.2) is 15.3 Å². The third-order valence-corrected chi connectivity index (χ3v) is 2.49. The average Bonchev–Trinajstić information content (AvgIpc) is 2.72. The third kappa shape index (κ3) is 1.40. The SMILES string of the molecule is Cn1ccnc1C(=O)c1ccsc1. The Morgan fingerprint density at radius 1 is 1.62 bits per heavy atom. The number of thiophene rings is 1. The highest BCUT2D eigenvalue weighted by Gasteiger charge is 2.12. The van der Waals surface area contributed by atoms with E-state index >= 15 is 0 Å². The molecule has 0 aromatic carbocycles. The number of carbonyl (C=O) groups excluding carboxylic acids is 1. The highest BCUT2D eigenvalue weighted by atomic mass is 32.1. The number of nitrogens with zero attached hydrogens (tertiary/aromatic N) is 2. The summed E-state index contributed by atoms with van der Waals surface area (Å²) >= 11 is 1.51. The van der Waals surface area contributed by atoms with Gasteiger partial charge in [-0.1, -0.05) is 0 Å². The van der Waals surface area contributed by atoms with Gasteiger partial charge < -0.3 is 4.57 Å². The van der Waals surface area contributed by atoms with Crippen molar-refractivity contribution in [2.45, 2.75) is 0 Å². The van der Waals surface area contributed by atoms with Crippen molar-refractivity contribution in [3.63, 3.8) is 0 Å². The van der Waals surface area contributed by atoms with Crippen LogP contribution in [0, 0.1) is 0 Å². The molecule has 2 aromatic rings. The highest BCUT2D eigenvalue weighted by molar-refractivity contribution is 7.08. The second-order valence-corrected chi connectivity index (χ2v) is 3.48. The molecular weight excluding hydrogens is 184 g/mol. The Morgan fingerprint density at radius 2 is 2.46 bits per heavy atom. The Morgan fingerprint density at radius 3 is 3.00 bits per heavy atom. The normalized spacial score (nSPS) is 10.2. The predicted molar refractivity (Wildman–Crippen MR) is 51.0 cm³/mol. The lowest BCUT2D eigenvalue weighted by molar-refractivity contribution is 0.102. The summed E-state index contributed by atoms with van der Waals surface area (Å²) in [5.41, 5.74) is 0.708. The van der Waals surface area contributed by atoms with E-state index in [2.05, 4.69) is 4.98 Å². The fourth-order valence-electron chi connectivity index (χ4n) is 1.11. The molecule has 0 aliphatic heterocycles. The van der Waals surface area contributed by atoms with Crippen molar-refractivity contribution in [3.8, 4) is 0 Å². The number of rotatable bonds is 2. The Kier molecular flexibility index (Phi) is 1.98. The van der Waals surface area contributed by atoms with Crippen LogP contribution in [0.4, 0.5) is 0 Å². The molecule has 0 saturated carbocycles. The maximum atomic E-state index is 11.7. The minimum atomic E-state index is -0.0197. The summed E-state index contributed by atoms with van der Waals surface area (Å²) in [7, 11) is 1.81. The molecule has 0 amide bonds. The number of hydrogen-bond donors (Lipinski definition) is 0. The molecule has 0 unspecified atom stereocenters. The topological polar surface area (TPSA) is 34.9 Å². The molecule has 0 aliphatic carbocycles. The Bertz CT molecular complexity index is 417. The van der Waals surface area contributed by atoms with E-state index in [0.29, 0.717) is 11.4 Å². The highest BCUT2D eigenvalue weighted by Crippen LogP contribution is 2.10. The number of imidazole rings is 1. The lowest BCUT2D eigenvalue weighted by Gasteiger charge is -1.97. The van der Waals surface area contributed by atoms with Crippen molar-refractivity contribution in [1.82, 2.24) is 9.55 Å². The van der Waals surface area contributed by atoms with Gasteiger partial charge in [0.2, 0.25) is 5.78 Å². The lowest BCUT2D eigenvalue weighted by atomic mass is 10.2. The summed E-state index contributed by atoms with van der Waals surface area (Å²) in [6.07, 6.45) is 3.39. The van der Waals surface area contributed by atoms with Crippen molar-refractivity contribution in [1.29, 1.82) is 0 Å². The summed E-state index contributed by atoms with van der Waals surface area (Å²) in [6.45, 7) is 0. The number of carbonyl (C=O) groups is 1. The van der Waals surface area contributed by atoms with E-state index in [9.17, 15) is 4.79 Å².